The van der Waals surface area contributed by atoms with Crippen LogP contribution in [0.5, 0.6) is 0 Å². The van der Waals surface area contributed by atoms with Crippen LogP contribution < -0.4 is 5.56 Å². The summed E-state index contributed by atoms with van der Waals surface area (Å²) >= 11 is 0. The number of nitrogens with zero attached hydrogens (tertiary/aromatic N) is 5. The number of amides is 1. The molecule has 1 fully saturated rings. The van der Waals surface area contributed by atoms with Crippen molar-refractivity contribution in [2.75, 3.05) is 13.1 Å². The molecule has 4 heterocycles. The van der Waals surface area contributed by atoms with E-state index in [1.165, 1.54) is 4.57 Å². The van der Waals surface area contributed by atoms with Crippen LogP contribution in [0, 0.1) is 31.1 Å². The molecule has 28 heavy (non-hydrogen) atoms. The molecule has 1 saturated heterocycles. The molecule has 0 aromatic carbocycles. The highest BCUT2D eigenvalue weighted by atomic mass is 16.3. The molecule has 4 rings (SSSR count). The van der Waals surface area contributed by atoms with Gasteiger partial charge >= 0.3 is 0 Å². The van der Waals surface area contributed by atoms with Gasteiger partial charge in [0, 0.05) is 38.1 Å². The SMILES string of the molecule is Cc1cc(-c2cn3cc(C(=O)N4CCC[C@H](C#N)C4)nc3c(=O)n2C)c(C)o1. The highest BCUT2D eigenvalue weighted by Crippen LogP contribution is 2.26. The van der Waals surface area contributed by atoms with Crippen molar-refractivity contribution in [3.8, 4) is 17.3 Å². The van der Waals surface area contributed by atoms with E-state index < -0.39 is 0 Å². The number of aryl methyl sites for hydroxylation is 2. The second kappa shape index (κ2) is 6.68. The topological polar surface area (TPSA) is 96.5 Å². The standard InChI is InChI=1S/C20H21N5O3/c1-12-7-15(13(2)28-12)17-11-25-10-16(22-18(25)20(27)23(17)3)19(26)24-6-4-5-14(8-21)9-24/h7,10-11,14H,4-6,9H2,1-3H3/t14-/m1/s1. The number of rotatable bonds is 2. The third kappa shape index (κ3) is 2.89. The number of aromatic nitrogens is 3. The summed E-state index contributed by atoms with van der Waals surface area (Å²) in [5.41, 5.74) is 1.64. The van der Waals surface area contributed by atoms with Gasteiger partial charge in [-0.05, 0) is 32.8 Å². The molecule has 0 aliphatic carbocycles. The first kappa shape index (κ1) is 18.0. The monoisotopic (exact) mass is 379 g/mol. The molecule has 0 radical (unpaired) electrons. The molecule has 0 N–H and O–H groups in total. The van der Waals surface area contributed by atoms with Gasteiger partial charge in [0.1, 0.15) is 17.2 Å². The van der Waals surface area contributed by atoms with E-state index in [0.29, 0.717) is 18.8 Å². The number of furan rings is 1. The zero-order valence-corrected chi connectivity index (χ0v) is 16.1. The average molecular weight is 379 g/mol. The Bertz CT molecular complexity index is 1180. The lowest BCUT2D eigenvalue weighted by Crippen LogP contribution is -2.39. The number of fused-ring (bicyclic) bond motifs is 1. The van der Waals surface area contributed by atoms with Crippen molar-refractivity contribution < 1.29 is 9.21 Å². The smallest absolute Gasteiger partial charge is 0.294 e. The van der Waals surface area contributed by atoms with Gasteiger partial charge in [0.2, 0.25) is 5.65 Å². The molecule has 1 atom stereocenters. The first-order valence-corrected chi connectivity index (χ1v) is 9.24. The van der Waals surface area contributed by atoms with Crippen LogP contribution >= 0.6 is 0 Å². The van der Waals surface area contributed by atoms with Crippen molar-refractivity contribution in [1.82, 2.24) is 18.9 Å². The molecule has 1 amide bonds. The van der Waals surface area contributed by atoms with Gasteiger partial charge in [-0.2, -0.15) is 5.26 Å². The molecule has 3 aromatic rings. The van der Waals surface area contributed by atoms with E-state index >= 15 is 0 Å². The predicted molar refractivity (Wildman–Crippen MR) is 102 cm³/mol. The van der Waals surface area contributed by atoms with Gasteiger partial charge in [-0.15, -0.1) is 0 Å². The van der Waals surface area contributed by atoms with E-state index in [2.05, 4.69) is 11.1 Å². The summed E-state index contributed by atoms with van der Waals surface area (Å²) in [6.07, 6.45) is 4.97. The summed E-state index contributed by atoms with van der Waals surface area (Å²) in [6.45, 7) is 4.71. The lowest BCUT2D eigenvalue weighted by molar-refractivity contribution is 0.0693. The van der Waals surface area contributed by atoms with Gasteiger partial charge in [0.25, 0.3) is 11.5 Å². The number of hydrogen-bond acceptors (Lipinski definition) is 5. The molecule has 0 spiro atoms. The molecule has 8 heteroatoms. The highest BCUT2D eigenvalue weighted by Gasteiger charge is 2.26. The summed E-state index contributed by atoms with van der Waals surface area (Å²) in [6, 6.07) is 4.12. The minimum Gasteiger partial charge on any atom is -0.466 e. The molecule has 0 saturated carbocycles. The van der Waals surface area contributed by atoms with Crippen LogP contribution in [0.2, 0.25) is 0 Å². The lowest BCUT2D eigenvalue weighted by Gasteiger charge is -2.28. The van der Waals surface area contributed by atoms with Crippen LogP contribution in [0.25, 0.3) is 16.9 Å². The zero-order chi connectivity index (χ0) is 20.0. The summed E-state index contributed by atoms with van der Waals surface area (Å²) in [5, 5.41) is 9.15. The van der Waals surface area contributed by atoms with E-state index in [0.717, 1.165) is 29.9 Å². The fourth-order valence-corrected chi connectivity index (χ4v) is 3.80. The normalized spacial score (nSPS) is 17.1. The molecule has 8 nitrogen and oxygen atoms in total. The van der Waals surface area contributed by atoms with E-state index in [1.54, 1.807) is 28.7 Å². The van der Waals surface area contributed by atoms with Crippen molar-refractivity contribution in [2.24, 2.45) is 13.0 Å². The van der Waals surface area contributed by atoms with E-state index in [9.17, 15) is 9.59 Å². The summed E-state index contributed by atoms with van der Waals surface area (Å²) < 4.78 is 8.70. The first-order valence-electron chi connectivity index (χ1n) is 9.24. The Labute approximate surface area is 161 Å². The largest absolute Gasteiger partial charge is 0.466 e. The van der Waals surface area contributed by atoms with Crippen molar-refractivity contribution in [1.29, 1.82) is 5.26 Å². The van der Waals surface area contributed by atoms with Crippen LogP contribution in [0.1, 0.15) is 34.9 Å². The van der Waals surface area contributed by atoms with Gasteiger partial charge in [-0.1, -0.05) is 0 Å². The second-order valence-electron chi connectivity index (χ2n) is 7.28. The third-order valence-corrected chi connectivity index (χ3v) is 5.28. The number of carbonyl (C=O) groups is 1. The Kier molecular flexibility index (Phi) is 4.30. The number of likely N-dealkylation sites (tertiary alicyclic amines) is 1. The summed E-state index contributed by atoms with van der Waals surface area (Å²) in [4.78, 5) is 31.6. The van der Waals surface area contributed by atoms with Gasteiger partial charge in [-0.25, -0.2) is 4.98 Å². The molecule has 144 valence electrons. The highest BCUT2D eigenvalue weighted by molar-refractivity contribution is 5.93. The Morgan fingerprint density at radius 3 is 2.82 bits per heavy atom. The van der Waals surface area contributed by atoms with Crippen molar-refractivity contribution in [2.45, 2.75) is 26.7 Å². The van der Waals surface area contributed by atoms with Crippen molar-refractivity contribution >= 4 is 11.6 Å². The predicted octanol–water partition coefficient (Wildman–Crippen LogP) is 2.29. The number of carbonyl (C=O) groups excluding carboxylic acids is 1. The molecular formula is C20H21N5O3. The van der Waals surface area contributed by atoms with Crippen molar-refractivity contribution in [3.63, 3.8) is 0 Å². The minimum absolute atomic E-state index is 0.151. The van der Waals surface area contributed by atoms with E-state index in [4.69, 9.17) is 9.68 Å². The molecule has 0 bridgehead atoms. The first-order chi connectivity index (χ1) is 13.4. The minimum atomic E-state index is -0.289. The fourth-order valence-electron chi connectivity index (χ4n) is 3.80. The zero-order valence-electron chi connectivity index (χ0n) is 16.1. The van der Waals surface area contributed by atoms with Crippen LogP contribution in [0.4, 0.5) is 0 Å². The maximum Gasteiger partial charge on any atom is 0.294 e. The Morgan fingerprint density at radius 2 is 2.14 bits per heavy atom. The molecule has 3 aromatic heterocycles. The maximum absolute atomic E-state index is 12.9. The van der Waals surface area contributed by atoms with E-state index in [1.807, 2.05) is 19.9 Å². The van der Waals surface area contributed by atoms with Gasteiger partial charge in [0.15, 0.2) is 0 Å². The van der Waals surface area contributed by atoms with Gasteiger partial charge in [0.05, 0.1) is 17.7 Å². The fraction of sp³-hybridized carbons (Fsp3) is 0.400. The number of imidazole rings is 1. The van der Waals surface area contributed by atoms with E-state index in [-0.39, 0.29) is 28.7 Å². The van der Waals surface area contributed by atoms with Crippen molar-refractivity contribution in [3.05, 3.63) is 46.0 Å². The van der Waals surface area contributed by atoms with Gasteiger partial charge in [-0.3, -0.25) is 14.0 Å². The van der Waals surface area contributed by atoms with Crippen LogP contribution in [-0.4, -0.2) is 37.8 Å². The van der Waals surface area contributed by atoms with Crippen LogP contribution in [0.15, 0.2) is 27.7 Å². The Morgan fingerprint density at radius 1 is 1.36 bits per heavy atom. The summed E-state index contributed by atoms with van der Waals surface area (Å²) in [7, 11) is 1.68. The molecular weight excluding hydrogens is 358 g/mol. The molecule has 0 unspecified atom stereocenters. The number of hydrogen-bond donors (Lipinski definition) is 0. The second-order valence-corrected chi connectivity index (χ2v) is 7.28. The maximum atomic E-state index is 12.9. The molecule has 1 aliphatic heterocycles. The number of nitriles is 1. The third-order valence-electron chi connectivity index (χ3n) is 5.28. The quantitative estimate of drug-likeness (QED) is 0.681. The molecule has 1 aliphatic rings. The number of piperidine rings is 1. The van der Waals surface area contributed by atoms with Crippen LogP contribution in [0.3, 0.4) is 0 Å². The summed E-state index contributed by atoms with van der Waals surface area (Å²) in [5.74, 6) is 1.09. The average Bonchev–Trinajstić information content (AvgIpc) is 3.26. The lowest BCUT2D eigenvalue weighted by atomic mass is 9.99. The Hall–Kier alpha value is -3.34. The van der Waals surface area contributed by atoms with Gasteiger partial charge < -0.3 is 13.9 Å². The van der Waals surface area contributed by atoms with Crippen LogP contribution in [-0.2, 0) is 7.05 Å². The Balaban J connectivity index is 1.76.